The van der Waals surface area contributed by atoms with Crippen LogP contribution in [0.1, 0.15) is 38.6 Å². The van der Waals surface area contributed by atoms with Crippen molar-refractivity contribution < 1.29 is 4.79 Å². The minimum atomic E-state index is -0.225. The molecule has 1 N–H and O–H groups in total. The first-order valence-electron chi connectivity index (χ1n) is 9.65. The molecule has 2 aliphatic rings. The number of rotatable bonds is 2. The van der Waals surface area contributed by atoms with Crippen LogP contribution in [0, 0.1) is 5.41 Å². The van der Waals surface area contributed by atoms with Gasteiger partial charge in [-0.05, 0) is 58.0 Å². The first-order chi connectivity index (χ1) is 12.5. The van der Waals surface area contributed by atoms with Crippen molar-refractivity contribution >= 4 is 16.9 Å². The Labute approximate surface area is 153 Å². The number of nitrogens with one attached hydrogen (secondary N) is 1. The summed E-state index contributed by atoms with van der Waals surface area (Å²) in [5, 5.41) is 0. The lowest BCUT2D eigenvalue weighted by Gasteiger charge is -2.42. The number of carbonyl (C=O) groups excluding carboxylic acids is 1. The van der Waals surface area contributed by atoms with Gasteiger partial charge in [0.05, 0.1) is 11.0 Å². The largest absolute Gasteiger partial charge is 0.342 e. The second-order valence-electron chi connectivity index (χ2n) is 8.20. The molecule has 26 heavy (non-hydrogen) atoms. The van der Waals surface area contributed by atoms with Gasteiger partial charge in [-0.1, -0.05) is 19.1 Å². The molecule has 0 saturated carbocycles. The molecule has 0 atom stereocenters. The normalized spacial score (nSPS) is 22.0. The number of fused-ring (bicyclic) bond motifs is 1. The van der Waals surface area contributed by atoms with E-state index in [1.807, 2.05) is 33.7 Å². The fourth-order valence-electron chi connectivity index (χ4n) is 4.47. The summed E-state index contributed by atoms with van der Waals surface area (Å²) in [4.78, 5) is 32.8. The number of imidazole rings is 1. The maximum Gasteiger partial charge on any atom is 0.326 e. The van der Waals surface area contributed by atoms with Crippen LogP contribution < -0.4 is 5.69 Å². The first-order valence-corrected chi connectivity index (χ1v) is 9.65. The van der Waals surface area contributed by atoms with Crippen molar-refractivity contribution in [1.29, 1.82) is 0 Å². The van der Waals surface area contributed by atoms with Gasteiger partial charge in [-0.3, -0.25) is 9.36 Å². The molecule has 2 fully saturated rings. The molecule has 6 nitrogen and oxygen atoms in total. The monoisotopic (exact) mass is 356 g/mol. The lowest BCUT2D eigenvalue weighted by molar-refractivity contribution is -0.145. The number of H-pyrrole nitrogens is 1. The van der Waals surface area contributed by atoms with Crippen molar-refractivity contribution in [1.82, 2.24) is 19.4 Å². The Kier molecular flexibility index (Phi) is 4.39. The van der Waals surface area contributed by atoms with Gasteiger partial charge in [-0.15, -0.1) is 0 Å². The van der Waals surface area contributed by atoms with E-state index in [4.69, 9.17) is 0 Å². The molecule has 0 unspecified atom stereocenters. The summed E-state index contributed by atoms with van der Waals surface area (Å²) < 4.78 is 1.88. The summed E-state index contributed by atoms with van der Waals surface area (Å²) in [6.45, 7) is 5.58. The fraction of sp³-hybridized carbons (Fsp3) is 0.600. The van der Waals surface area contributed by atoms with Crippen LogP contribution in [-0.2, 0) is 4.79 Å². The topological polar surface area (TPSA) is 61.3 Å². The highest BCUT2D eigenvalue weighted by Gasteiger charge is 2.40. The molecule has 2 saturated heterocycles. The molecule has 2 aromatic rings. The van der Waals surface area contributed by atoms with Gasteiger partial charge in [-0.25, -0.2) is 4.79 Å². The number of piperidine rings is 2. The summed E-state index contributed by atoms with van der Waals surface area (Å²) in [6.07, 6.45) is 3.54. The smallest absolute Gasteiger partial charge is 0.326 e. The van der Waals surface area contributed by atoms with Crippen molar-refractivity contribution in [2.75, 3.05) is 33.2 Å². The number of benzene rings is 1. The fourth-order valence-corrected chi connectivity index (χ4v) is 4.47. The number of para-hydroxylation sites is 2. The molecule has 0 spiro atoms. The summed E-state index contributed by atoms with van der Waals surface area (Å²) in [6, 6.07) is 7.99. The van der Waals surface area contributed by atoms with Crippen molar-refractivity contribution in [3.05, 3.63) is 34.7 Å². The Morgan fingerprint density at radius 2 is 1.77 bits per heavy atom. The van der Waals surface area contributed by atoms with E-state index in [9.17, 15) is 9.59 Å². The number of aromatic nitrogens is 2. The number of amides is 1. The number of aromatic amines is 1. The lowest BCUT2D eigenvalue weighted by atomic mass is 9.78. The van der Waals surface area contributed by atoms with Gasteiger partial charge in [-0.2, -0.15) is 0 Å². The number of likely N-dealkylation sites (tertiary alicyclic amines) is 2. The third-order valence-electron chi connectivity index (χ3n) is 6.35. The lowest BCUT2D eigenvalue weighted by Crippen LogP contribution is -2.50. The Hall–Kier alpha value is -2.08. The van der Waals surface area contributed by atoms with Crippen molar-refractivity contribution in [3.8, 4) is 0 Å². The van der Waals surface area contributed by atoms with E-state index in [0.717, 1.165) is 62.9 Å². The second-order valence-corrected chi connectivity index (χ2v) is 8.20. The molecular formula is C20H28N4O2. The van der Waals surface area contributed by atoms with Crippen LogP contribution in [-0.4, -0.2) is 58.5 Å². The standard InChI is InChI=1S/C20H28N4O2/c1-20(9-13-22(2)14-10-20)18(25)23-11-7-15(8-12-23)24-17-6-4-3-5-16(17)21-19(24)26/h3-6,15H,7-14H2,1-2H3,(H,21,26). The number of hydrogen-bond acceptors (Lipinski definition) is 3. The van der Waals surface area contributed by atoms with Gasteiger partial charge in [0.15, 0.2) is 0 Å². The van der Waals surface area contributed by atoms with E-state index in [1.54, 1.807) is 0 Å². The molecule has 1 aromatic heterocycles. The van der Waals surface area contributed by atoms with Crippen LogP contribution in [0.3, 0.4) is 0 Å². The Balaban J connectivity index is 1.46. The number of nitrogens with zero attached hydrogens (tertiary/aromatic N) is 3. The maximum absolute atomic E-state index is 13.1. The molecule has 0 bridgehead atoms. The highest BCUT2D eigenvalue weighted by molar-refractivity contribution is 5.82. The van der Waals surface area contributed by atoms with E-state index in [-0.39, 0.29) is 17.1 Å². The van der Waals surface area contributed by atoms with Crippen molar-refractivity contribution in [2.45, 2.75) is 38.6 Å². The van der Waals surface area contributed by atoms with Crippen LogP contribution in [0.15, 0.2) is 29.1 Å². The number of carbonyl (C=O) groups is 1. The molecule has 2 aliphatic heterocycles. The Bertz CT molecular complexity index is 852. The van der Waals surface area contributed by atoms with Crippen LogP contribution in [0.5, 0.6) is 0 Å². The minimum absolute atomic E-state index is 0.0433. The predicted octanol–water partition coefficient (Wildman–Crippen LogP) is 2.22. The van der Waals surface area contributed by atoms with Crippen molar-refractivity contribution in [2.24, 2.45) is 5.41 Å². The van der Waals surface area contributed by atoms with E-state index < -0.39 is 0 Å². The highest BCUT2D eigenvalue weighted by atomic mass is 16.2. The Morgan fingerprint density at radius 3 is 2.46 bits per heavy atom. The zero-order valence-corrected chi connectivity index (χ0v) is 15.7. The zero-order chi connectivity index (χ0) is 18.3. The second kappa shape index (κ2) is 6.58. The minimum Gasteiger partial charge on any atom is -0.342 e. The van der Waals surface area contributed by atoms with Gasteiger partial charge < -0.3 is 14.8 Å². The van der Waals surface area contributed by atoms with E-state index >= 15 is 0 Å². The summed E-state index contributed by atoms with van der Waals surface area (Å²) in [5.74, 6) is 0.301. The molecule has 140 valence electrons. The van der Waals surface area contributed by atoms with E-state index in [0.29, 0.717) is 5.91 Å². The molecule has 0 radical (unpaired) electrons. The quantitative estimate of drug-likeness (QED) is 0.898. The molecule has 0 aliphatic carbocycles. The third kappa shape index (κ3) is 2.96. The summed E-state index contributed by atoms with van der Waals surface area (Å²) >= 11 is 0. The highest BCUT2D eigenvalue weighted by Crippen LogP contribution is 2.34. The van der Waals surface area contributed by atoms with Crippen LogP contribution >= 0.6 is 0 Å². The first kappa shape index (κ1) is 17.3. The van der Waals surface area contributed by atoms with Gasteiger partial charge in [0.2, 0.25) is 5.91 Å². The van der Waals surface area contributed by atoms with Gasteiger partial charge in [0.1, 0.15) is 0 Å². The number of hydrogen-bond donors (Lipinski definition) is 1. The Morgan fingerprint density at radius 1 is 1.12 bits per heavy atom. The summed E-state index contributed by atoms with van der Waals surface area (Å²) in [7, 11) is 2.12. The third-order valence-corrected chi connectivity index (χ3v) is 6.35. The van der Waals surface area contributed by atoms with E-state index in [1.165, 1.54) is 0 Å². The van der Waals surface area contributed by atoms with E-state index in [2.05, 4.69) is 23.9 Å². The average molecular weight is 356 g/mol. The molecule has 3 heterocycles. The van der Waals surface area contributed by atoms with Crippen molar-refractivity contribution in [3.63, 3.8) is 0 Å². The SMILES string of the molecule is CN1CCC(C)(C(=O)N2CCC(n3c(=O)[nH]c4ccccc43)CC2)CC1. The van der Waals surface area contributed by atoms with Gasteiger partial charge in [0.25, 0.3) is 0 Å². The molecular weight excluding hydrogens is 328 g/mol. The molecule has 1 aromatic carbocycles. The van der Waals surface area contributed by atoms with Crippen LogP contribution in [0.4, 0.5) is 0 Å². The predicted molar refractivity (Wildman–Crippen MR) is 102 cm³/mol. The maximum atomic E-state index is 13.1. The zero-order valence-electron chi connectivity index (χ0n) is 15.7. The molecule has 4 rings (SSSR count). The summed E-state index contributed by atoms with van der Waals surface area (Å²) in [5.41, 5.74) is 1.58. The van der Waals surface area contributed by atoms with Gasteiger partial charge in [0, 0.05) is 24.5 Å². The molecule has 1 amide bonds. The van der Waals surface area contributed by atoms with Gasteiger partial charge >= 0.3 is 5.69 Å². The van der Waals surface area contributed by atoms with Crippen LogP contribution in [0.2, 0.25) is 0 Å². The van der Waals surface area contributed by atoms with Crippen LogP contribution in [0.25, 0.3) is 11.0 Å². The molecule has 6 heteroatoms. The average Bonchev–Trinajstić information content (AvgIpc) is 2.99.